The van der Waals surface area contributed by atoms with Crippen LogP contribution >= 0.6 is 0 Å². The molecule has 0 atom stereocenters. The monoisotopic (exact) mass is 359 g/mol. The summed E-state index contributed by atoms with van der Waals surface area (Å²) in [4.78, 5) is 2.71. The van der Waals surface area contributed by atoms with Crippen LogP contribution in [0.15, 0.2) is 42.6 Å². The van der Waals surface area contributed by atoms with E-state index in [-0.39, 0.29) is 0 Å². The van der Waals surface area contributed by atoms with Crippen molar-refractivity contribution in [3.05, 3.63) is 48.2 Å². The predicted octanol–water partition coefficient (Wildman–Crippen LogP) is 7.69. The highest BCUT2D eigenvalue weighted by molar-refractivity contribution is 6.05. The first-order valence-electron chi connectivity index (χ1n) is 11.4. The van der Waals surface area contributed by atoms with Crippen molar-refractivity contribution in [2.75, 3.05) is 4.90 Å². The molecule has 0 aromatic heterocycles. The van der Waals surface area contributed by atoms with Crippen LogP contribution in [0.1, 0.15) is 82.6 Å². The maximum atomic E-state index is 2.71. The molecule has 3 aliphatic rings. The molecule has 1 heterocycles. The molecule has 2 aliphatic carbocycles. The molecule has 0 unspecified atom stereocenters. The Hall–Kier alpha value is -1.76. The first-order chi connectivity index (χ1) is 13.4. The number of anilines is 1. The van der Waals surface area contributed by atoms with Crippen LogP contribution in [-0.2, 0) is 0 Å². The van der Waals surface area contributed by atoms with Crippen molar-refractivity contribution in [2.45, 2.75) is 83.1 Å². The summed E-state index contributed by atoms with van der Waals surface area (Å²) in [6.45, 7) is 0. The van der Waals surface area contributed by atoms with Gasteiger partial charge in [0.05, 0.1) is 0 Å². The lowest BCUT2D eigenvalue weighted by atomic mass is 9.82. The molecular weight excluding hydrogens is 326 g/mol. The van der Waals surface area contributed by atoms with E-state index in [4.69, 9.17) is 0 Å². The van der Waals surface area contributed by atoms with Gasteiger partial charge in [0.25, 0.3) is 0 Å². The van der Waals surface area contributed by atoms with Gasteiger partial charge in [0, 0.05) is 23.3 Å². The minimum absolute atomic E-state index is 0.687. The van der Waals surface area contributed by atoms with Crippen LogP contribution in [0.3, 0.4) is 0 Å². The Balaban J connectivity index is 1.63. The average Bonchev–Trinajstić information content (AvgIpc) is 3.14. The van der Waals surface area contributed by atoms with Gasteiger partial charge in [-0.3, -0.25) is 0 Å². The predicted molar refractivity (Wildman–Crippen MR) is 117 cm³/mol. The van der Waals surface area contributed by atoms with E-state index in [9.17, 15) is 0 Å². The summed E-state index contributed by atoms with van der Waals surface area (Å²) in [6.07, 6.45) is 19.4. The van der Waals surface area contributed by atoms with Crippen LogP contribution < -0.4 is 4.90 Å². The lowest BCUT2D eigenvalue weighted by Gasteiger charge is -2.37. The highest BCUT2D eigenvalue weighted by atomic mass is 15.2. The van der Waals surface area contributed by atoms with Gasteiger partial charge in [0.15, 0.2) is 0 Å². The van der Waals surface area contributed by atoms with Gasteiger partial charge in [-0.2, -0.15) is 0 Å². The van der Waals surface area contributed by atoms with E-state index < -0.39 is 0 Å². The van der Waals surface area contributed by atoms with E-state index >= 15 is 0 Å². The Morgan fingerprint density at radius 1 is 0.667 bits per heavy atom. The largest absolute Gasteiger partial charge is 0.344 e. The van der Waals surface area contributed by atoms with E-state index in [1.807, 2.05) is 0 Å². The van der Waals surface area contributed by atoms with Gasteiger partial charge in [0.1, 0.15) is 0 Å². The molecule has 2 fully saturated rings. The van der Waals surface area contributed by atoms with E-state index in [1.54, 1.807) is 5.57 Å². The van der Waals surface area contributed by atoms with Crippen LogP contribution in [0.4, 0.5) is 5.69 Å². The molecule has 5 rings (SSSR count). The van der Waals surface area contributed by atoms with Gasteiger partial charge in [-0.15, -0.1) is 0 Å². The van der Waals surface area contributed by atoms with E-state index in [0.717, 1.165) is 5.92 Å². The van der Waals surface area contributed by atoms with E-state index in [2.05, 4.69) is 47.5 Å². The molecular formula is C26H33N. The van der Waals surface area contributed by atoms with Crippen LogP contribution in [0, 0.1) is 5.92 Å². The first kappa shape index (κ1) is 17.3. The minimum atomic E-state index is 0.687. The molecule has 2 aromatic rings. The molecule has 1 aliphatic heterocycles. The fraction of sp³-hybridized carbons (Fsp3) is 0.538. The zero-order valence-corrected chi connectivity index (χ0v) is 16.6. The third kappa shape index (κ3) is 3.30. The van der Waals surface area contributed by atoms with Crippen molar-refractivity contribution in [3.63, 3.8) is 0 Å². The molecule has 142 valence electrons. The van der Waals surface area contributed by atoms with Crippen molar-refractivity contribution in [1.29, 1.82) is 0 Å². The first-order valence-corrected chi connectivity index (χ1v) is 11.4. The van der Waals surface area contributed by atoms with E-state index in [1.165, 1.54) is 99.1 Å². The Morgan fingerprint density at radius 3 is 2.00 bits per heavy atom. The molecule has 1 nitrogen and oxygen atoms in total. The zero-order chi connectivity index (χ0) is 18.1. The summed E-state index contributed by atoms with van der Waals surface area (Å²) in [7, 11) is 0. The summed E-state index contributed by atoms with van der Waals surface area (Å²) < 4.78 is 0. The quantitative estimate of drug-likeness (QED) is 0.497. The molecule has 0 radical (unpaired) electrons. The summed E-state index contributed by atoms with van der Waals surface area (Å²) in [5.41, 5.74) is 4.64. The average molecular weight is 360 g/mol. The molecule has 0 bridgehead atoms. The Morgan fingerprint density at radius 2 is 1.30 bits per heavy atom. The van der Waals surface area contributed by atoms with Crippen molar-refractivity contribution < 1.29 is 0 Å². The number of nitrogens with zero attached hydrogens (tertiary/aromatic N) is 1. The third-order valence-corrected chi connectivity index (χ3v) is 7.26. The second-order valence-corrected chi connectivity index (χ2v) is 9.01. The SMILES string of the molecule is C1=C(C2CCCCCC2)c2cccc3cccc(c23)N1C1CCCCCC1. The van der Waals surface area contributed by atoms with Crippen LogP contribution in [0.25, 0.3) is 16.3 Å². The lowest BCUT2D eigenvalue weighted by Crippen LogP contribution is -2.32. The molecule has 0 spiro atoms. The van der Waals surface area contributed by atoms with Gasteiger partial charge < -0.3 is 4.90 Å². The van der Waals surface area contributed by atoms with Gasteiger partial charge in [-0.1, -0.05) is 81.7 Å². The fourth-order valence-electron chi connectivity index (χ4n) is 5.82. The normalized spacial score (nSPS) is 22.4. The molecule has 0 amide bonds. The van der Waals surface area contributed by atoms with Crippen LogP contribution in [0.5, 0.6) is 0 Å². The molecule has 27 heavy (non-hydrogen) atoms. The standard InChI is InChI=1S/C26H33N/c1-2-6-12-20(11-5-1)24-19-27(22-15-7-3-4-8-16-22)25-18-10-14-21-13-9-17-23(24)26(21)25/h9-10,13-14,17-20,22H,1-8,11-12,15-16H2. The highest BCUT2D eigenvalue weighted by Crippen LogP contribution is 2.45. The number of hydrogen-bond donors (Lipinski definition) is 0. The van der Waals surface area contributed by atoms with Crippen molar-refractivity contribution >= 4 is 22.0 Å². The Kier molecular flexibility index (Phi) is 4.95. The number of benzene rings is 2. The lowest BCUT2D eigenvalue weighted by molar-refractivity contribution is 0.553. The highest BCUT2D eigenvalue weighted by Gasteiger charge is 2.29. The number of rotatable bonds is 2. The van der Waals surface area contributed by atoms with Gasteiger partial charge in [-0.25, -0.2) is 0 Å². The fourth-order valence-corrected chi connectivity index (χ4v) is 5.82. The van der Waals surface area contributed by atoms with Gasteiger partial charge in [-0.05, 0) is 54.2 Å². The topological polar surface area (TPSA) is 3.24 Å². The molecule has 0 N–H and O–H groups in total. The maximum Gasteiger partial charge on any atom is 0.0494 e. The smallest absolute Gasteiger partial charge is 0.0494 e. The summed E-state index contributed by atoms with van der Waals surface area (Å²) >= 11 is 0. The van der Waals surface area contributed by atoms with Crippen LogP contribution in [-0.4, -0.2) is 6.04 Å². The molecule has 0 saturated heterocycles. The number of hydrogen-bond acceptors (Lipinski definition) is 1. The molecule has 1 heteroatoms. The zero-order valence-electron chi connectivity index (χ0n) is 16.6. The summed E-state index contributed by atoms with van der Waals surface area (Å²) in [6, 6.07) is 14.6. The Bertz CT molecular complexity index is 812. The van der Waals surface area contributed by atoms with E-state index in [0.29, 0.717) is 6.04 Å². The Labute approximate surface area is 164 Å². The minimum Gasteiger partial charge on any atom is -0.344 e. The third-order valence-electron chi connectivity index (χ3n) is 7.26. The summed E-state index contributed by atoms with van der Waals surface area (Å²) in [5.74, 6) is 0.750. The van der Waals surface area contributed by atoms with Crippen molar-refractivity contribution in [3.8, 4) is 0 Å². The van der Waals surface area contributed by atoms with Crippen molar-refractivity contribution in [1.82, 2.24) is 0 Å². The van der Waals surface area contributed by atoms with Crippen molar-refractivity contribution in [2.24, 2.45) is 5.92 Å². The van der Waals surface area contributed by atoms with Crippen LogP contribution in [0.2, 0.25) is 0 Å². The summed E-state index contributed by atoms with van der Waals surface area (Å²) in [5, 5.41) is 2.94. The van der Waals surface area contributed by atoms with Gasteiger partial charge in [0.2, 0.25) is 0 Å². The maximum absolute atomic E-state index is 2.71. The number of allylic oxidation sites excluding steroid dienone is 1. The molecule has 2 saturated carbocycles. The second-order valence-electron chi connectivity index (χ2n) is 9.01. The molecule has 2 aromatic carbocycles. The van der Waals surface area contributed by atoms with Gasteiger partial charge >= 0.3 is 0 Å². The second kappa shape index (κ2) is 7.70.